The molecule has 0 spiro atoms. The molecular formula is C44H24N4O3. The van der Waals surface area contributed by atoms with Crippen LogP contribution in [0, 0.1) is 0 Å². The Bertz CT molecular complexity index is 3110. The molecule has 7 nitrogen and oxygen atoms in total. The maximum absolute atomic E-state index is 6.87. The minimum absolute atomic E-state index is 0.552. The van der Waals surface area contributed by atoms with E-state index in [9.17, 15) is 0 Å². The van der Waals surface area contributed by atoms with Gasteiger partial charge in [-0.3, -0.25) is 9.47 Å². The first-order valence-corrected chi connectivity index (χ1v) is 16.9. The standard InChI is InChI=1S/C44H24N4O3/c1-4-16-29-25(12-1)41(28-15-11-23-37-39(28)27-14-3-8-20-34(27)49-37)46-44(45-29)48-30-17-5-2-13-26(30)40-33(48)24-38-42-43(40)51-36-22-10-7-19-32(36)47(42)31-18-6-9-21-35(31)50-38/h1-24H. The molecule has 0 radical (unpaired) electrons. The van der Waals surface area contributed by atoms with Gasteiger partial charge in [0.05, 0.1) is 39.0 Å². The third-order valence-electron chi connectivity index (χ3n) is 10.2. The lowest BCUT2D eigenvalue weighted by Crippen LogP contribution is -2.20. The Labute approximate surface area is 290 Å². The van der Waals surface area contributed by atoms with Crippen molar-refractivity contribution in [2.45, 2.75) is 0 Å². The van der Waals surface area contributed by atoms with Gasteiger partial charge in [0.1, 0.15) is 16.9 Å². The van der Waals surface area contributed by atoms with Gasteiger partial charge in [-0.2, -0.15) is 0 Å². The highest BCUT2D eigenvalue weighted by molar-refractivity contribution is 6.18. The van der Waals surface area contributed by atoms with Gasteiger partial charge in [0.25, 0.3) is 0 Å². The van der Waals surface area contributed by atoms with Gasteiger partial charge in [0, 0.05) is 33.2 Å². The molecule has 0 bridgehead atoms. The predicted molar refractivity (Wildman–Crippen MR) is 201 cm³/mol. The molecule has 238 valence electrons. The number of fused-ring (bicyclic) bond motifs is 12. The van der Waals surface area contributed by atoms with Gasteiger partial charge in [-0.05, 0) is 48.5 Å². The molecule has 7 aromatic carbocycles. The van der Waals surface area contributed by atoms with E-state index in [4.69, 9.17) is 23.9 Å². The maximum Gasteiger partial charge on any atom is 0.235 e. The first kappa shape index (κ1) is 26.8. The van der Waals surface area contributed by atoms with Crippen LogP contribution in [-0.4, -0.2) is 14.5 Å². The van der Waals surface area contributed by atoms with E-state index < -0.39 is 0 Å². The molecule has 0 saturated heterocycles. The fraction of sp³-hybridized carbons (Fsp3) is 0. The van der Waals surface area contributed by atoms with Crippen LogP contribution in [0.1, 0.15) is 0 Å². The molecule has 2 aliphatic rings. The van der Waals surface area contributed by atoms with E-state index in [2.05, 4.69) is 76.2 Å². The van der Waals surface area contributed by atoms with Crippen molar-refractivity contribution in [2.24, 2.45) is 0 Å². The Balaban J connectivity index is 1.19. The molecule has 12 rings (SSSR count). The molecule has 0 amide bonds. The van der Waals surface area contributed by atoms with Crippen molar-refractivity contribution in [2.75, 3.05) is 4.90 Å². The molecule has 2 aliphatic heterocycles. The molecule has 0 unspecified atom stereocenters. The molecular weight excluding hydrogens is 633 g/mol. The number of anilines is 3. The molecule has 5 heterocycles. The summed E-state index contributed by atoms with van der Waals surface area (Å²) in [4.78, 5) is 12.9. The lowest BCUT2D eigenvalue weighted by molar-refractivity contribution is 0.450. The maximum atomic E-state index is 6.87. The Morgan fingerprint density at radius 2 is 1.18 bits per heavy atom. The highest BCUT2D eigenvalue weighted by atomic mass is 16.5. The van der Waals surface area contributed by atoms with Crippen LogP contribution in [0.3, 0.4) is 0 Å². The quantitative estimate of drug-likeness (QED) is 0.184. The van der Waals surface area contributed by atoms with E-state index in [1.165, 1.54) is 0 Å². The van der Waals surface area contributed by atoms with Gasteiger partial charge in [0.15, 0.2) is 23.0 Å². The fourth-order valence-corrected chi connectivity index (χ4v) is 8.06. The molecule has 0 N–H and O–H groups in total. The van der Waals surface area contributed by atoms with Crippen LogP contribution in [0.2, 0.25) is 0 Å². The summed E-state index contributed by atoms with van der Waals surface area (Å²) in [6.07, 6.45) is 0. The van der Waals surface area contributed by atoms with Gasteiger partial charge < -0.3 is 13.9 Å². The van der Waals surface area contributed by atoms with Gasteiger partial charge in [-0.15, -0.1) is 0 Å². The van der Waals surface area contributed by atoms with Crippen molar-refractivity contribution < 1.29 is 13.9 Å². The normalized spacial score (nSPS) is 13.0. The first-order chi connectivity index (χ1) is 25.3. The van der Waals surface area contributed by atoms with Crippen molar-refractivity contribution in [1.82, 2.24) is 14.5 Å². The van der Waals surface area contributed by atoms with Crippen LogP contribution in [-0.2, 0) is 0 Å². The van der Waals surface area contributed by atoms with Gasteiger partial charge >= 0.3 is 0 Å². The molecule has 3 aromatic heterocycles. The number of benzene rings is 7. The number of nitrogens with zero attached hydrogens (tertiary/aromatic N) is 4. The molecule has 0 atom stereocenters. The summed E-state index contributed by atoms with van der Waals surface area (Å²) >= 11 is 0. The van der Waals surface area contributed by atoms with E-state index in [0.29, 0.717) is 11.7 Å². The van der Waals surface area contributed by atoms with E-state index in [-0.39, 0.29) is 0 Å². The van der Waals surface area contributed by atoms with Crippen molar-refractivity contribution >= 4 is 71.7 Å². The first-order valence-electron chi connectivity index (χ1n) is 16.9. The summed E-state index contributed by atoms with van der Waals surface area (Å²) in [5.74, 6) is 3.55. The van der Waals surface area contributed by atoms with Gasteiger partial charge in [-0.1, -0.05) is 91.0 Å². The monoisotopic (exact) mass is 656 g/mol. The van der Waals surface area contributed by atoms with Crippen LogP contribution in [0.15, 0.2) is 150 Å². The van der Waals surface area contributed by atoms with Crippen LogP contribution in [0.5, 0.6) is 23.0 Å². The Hall–Kier alpha value is -7.12. The summed E-state index contributed by atoms with van der Waals surface area (Å²) in [7, 11) is 0. The van der Waals surface area contributed by atoms with Gasteiger partial charge in [-0.25, -0.2) is 9.97 Å². The van der Waals surface area contributed by atoms with E-state index in [1.807, 2.05) is 78.9 Å². The Morgan fingerprint density at radius 3 is 2.04 bits per heavy atom. The third-order valence-corrected chi connectivity index (χ3v) is 10.2. The van der Waals surface area contributed by atoms with Crippen LogP contribution in [0.25, 0.3) is 71.9 Å². The number of para-hydroxylation sites is 7. The third kappa shape index (κ3) is 3.56. The Morgan fingerprint density at radius 1 is 0.490 bits per heavy atom. The number of furan rings is 1. The smallest absolute Gasteiger partial charge is 0.235 e. The second-order valence-electron chi connectivity index (χ2n) is 12.9. The minimum Gasteiger partial charge on any atom is -0.456 e. The summed E-state index contributed by atoms with van der Waals surface area (Å²) in [6.45, 7) is 0. The van der Waals surface area contributed by atoms with E-state index in [1.54, 1.807) is 0 Å². The molecule has 0 fully saturated rings. The average molecular weight is 657 g/mol. The topological polar surface area (TPSA) is 65.6 Å². The number of aromatic nitrogens is 3. The largest absolute Gasteiger partial charge is 0.456 e. The second kappa shape index (κ2) is 9.74. The number of hydrogen-bond acceptors (Lipinski definition) is 6. The molecule has 7 heteroatoms. The Kier molecular flexibility index (Phi) is 5.12. The lowest BCUT2D eigenvalue weighted by Gasteiger charge is -2.38. The van der Waals surface area contributed by atoms with Crippen LogP contribution in [0.4, 0.5) is 17.1 Å². The van der Waals surface area contributed by atoms with E-state index in [0.717, 1.165) is 100 Å². The molecule has 0 aliphatic carbocycles. The zero-order chi connectivity index (χ0) is 33.2. The molecule has 10 aromatic rings. The zero-order valence-corrected chi connectivity index (χ0v) is 26.9. The minimum atomic E-state index is 0.552. The van der Waals surface area contributed by atoms with Crippen molar-refractivity contribution in [3.63, 3.8) is 0 Å². The summed E-state index contributed by atoms with van der Waals surface area (Å²) in [5, 5.41) is 5.04. The van der Waals surface area contributed by atoms with Crippen LogP contribution < -0.4 is 14.4 Å². The summed E-state index contributed by atoms with van der Waals surface area (Å²) < 4.78 is 22.0. The summed E-state index contributed by atoms with van der Waals surface area (Å²) in [6, 6.07) is 49.3. The molecule has 51 heavy (non-hydrogen) atoms. The van der Waals surface area contributed by atoms with Crippen molar-refractivity contribution in [3.05, 3.63) is 146 Å². The number of rotatable bonds is 2. The van der Waals surface area contributed by atoms with Crippen molar-refractivity contribution in [3.8, 4) is 40.2 Å². The highest BCUT2D eigenvalue weighted by Gasteiger charge is 2.37. The second-order valence-corrected chi connectivity index (χ2v) is 12.9. The van der Waals surface area contributed by atoms with Crippen molar-refractivity contribution in [1.29, 1.82) is 0 Å². The molecule has 0 saturated carbocycles. The SMILES string of the molecule is c1ccc2c(c1)Oc1cc3c(c4c1N2c1ccccc1O4)c1ccccc1n3-c1nc(-c2cccc3oc4ccccc4c23)c2ccccc2n1. The fourth-order valence-electron chi connectivity index (χ4n) is 8.06. The van der Waals surface area contributed by atoms with Crippen LogP contribution >= 0.6 is 0 Å². The predicted octanol–water partition coefficient (Wildman–Crippen LogP) is 12.0. The highest BCUT2D eigenvalue weighted by Crippen LogP contribution is 2.62. The average Bonchev–Trinajstić information content (AvgIpc) is 3.73. The lowest BCUT2D eigenvalue weighted by atomic mass is 10.0. The zero-order valence-electron chi connectivity index (χ0n) is 26.9. The van der Waals surface area contributed by atoms with Gasteiger partial charge in [0.2, 0.25) is 5.95 Å². The van der Waals surface area contributed by atoms with E-state index >= 15 is 0 Å². The number of hydrogen-bond donors (Lipinski definition) is 0. The number of ether oxygens (including phenoxy) is 2. The summed E-state index contributed by atoms with van der Waals surface area (Å²) in [5.41, 5.74) is 8.98.